The lowest BCUT2D eigenvalue weighted by atomic mass is 10.1. The maximum Gasteiger partial charge on any atom is 0.255 e. The number of carbonyl (C=O) groups is 1. The Bertz CT molecular complexity index is 878. The lowest BCUT2D eigenvalue weighted by molar-refractivity contribution is 0.102. The molecule has 0 saturated carbocycles. The number of aromatic nitrogens is 1. The molecule has 0 atom stereocenters. The zero-order chi connectivity index (χ0) is 16.2. The Balaban J connectivity index is 1.85. The number of para-hydroxylation sites is 1. The molecule has 0 bridgehead atoms. The fourth-order valence-corrected chi connectivity index (χ4v) is 2.24. The van der Waals surface area contributed by atoms with Crippen molar-refractivity contribution < 1.29 is 4.79 Å². The third-order valence-corrected chi connectivity index (χ3v) is 3.27. The minimum absolute atomic E-state index is 0.0240. The first-order valence-corrected chi connectivity index (χ1v) is 6.98. The van der Waals surface area contributed by atoms with E-state index in [9.17, 15) is 4.79 Å². The number of fused-ring (bicyclic) bond motifs is 1. The normalized spacial score (nSPS) is 10.3. The van der Waals surface area contributed by atoms with Crippen LogP contribution in [0.4, 0.5) is 11.4 Å². The molecule has 0 aliphatic carbocycles. The van der Waals surface area contributed by atoms with Crippen LogP contribution in [0.2, 0.25) is 0 Å². The summed E-state index contributed by atoms with van der Waals surface area (Å²) in [6.45, 7) is 0. The van der Waals surface area contributed by atoms with Gasteiger partial charge in [0.05, 0.1) is 16.9 Å². The molecule has 0 aliphatic rings. The van der Waals surface area contributed by atoms with Crippen LogP contribution in [-0.4, -0.2) is 16.9 Å². The Morgan fingerprint density at radius 3 is 2.48 bits per heavy atom. The van der Waals surface area contributed by atoms with Crippen molar-refractivity contribution in [1.29, 1.82) is 0 Å². The number of aliphatic imine (C=N–C) groups is 1. The van der Waals surface area contributed by atoms with Crippen LogP contribution in [0.3, 0.4) is 0 Å². The van der Waals surface area contributed by atoms with Gasteiger partial charge in [0.1, 0.15) is 0 Å². The second kappa shape index (κ2) is 6.15. The van der Waals surface area contributed by atoms with E-state index in [1.54, 1.807) is 30.5 Å². The zero-order valence-corrected chi connectivity index (χ0v) is 12.2. The Hall–Kier alpha value is -3.41. The molecule has 1 aromatic heterocycles. The van der Waals surface area contributed by atoms with Crippen molar-refractivity contribution in [3.63, 3.8) is 0 Å². The number of nitrogens with zero attached hydrogens (tertiary/aromatic N) is 2. The lowest BCUT2D eigenvalue weighted by Crippen LogP contribution is -2.21. The summed E-state index contributed by atoms with van der Waals surface area (Å²) in [5, 5.41) is 3.84. The van der Waals surface area contributed by atoms with Crippen molar-refractivity contribution in [3.05, 3.63) is 66.4 Å². The van der Waals surface area contributed by atoms with Crippen LogP contribution in [-0.2, 0) is 0 Å². The molecule has 0 fully saturated rings. The van der Waals surface area contributed by atoms with Gasteiger partial charge in [0.25, 0.3) is 5.91 Å². The number of guanidine groups is 1. The third-order valence-electron chi connectivity index (χ3n) is 3.27. The van der Waals surface area contributed by atoms with E-state index in [-0.39, 0.29) is 11.9 Å². The molecule has 0 aliphatic heterocycles. The fourth-order valence-electron chi connectivity index (χ4n) is 2.24. The van der Waals surface area contributed by atoms with Gasteiger partial charge in [-0.05, 0) is 36.4 Å². The summed E-state index contributed by atoms with van der Waals surface area (Å²) in [5.74, 6) is -0.247. The summed E-state index contributed by atoms with van der Waals surface area (Å²) >= 11 is 0. The molecule has 0 spiro atoms. The molecule has 6 nitrogen and oxygen atoms in total. The first kappa shape index (κ1) is 14.5. The average molecular weight is 305 g/mol. The van der Waals surface area contributed by atoms with Crippen molar-refractivity contribution >= 4 is 34.1 Å². The minimum atomic E-state index is -0.223. The van der Waals surface area contributed by atoms with Crippen LogP contribution < -0.4 is 16.8 Å². The first-order chi connectivity index (χ1) is 11.1. The predicted molar refractivity (Wildman–Crippen MR) is 91.6 cm³/mol. The summed E-state index contributed by atoms with van der Waals surface area (Å²) in [6, 6.07) is 16.1. The quantitative estimate of drug-likeness (QED) is 0.510. The van der Waals surface area contributed by atoms with Crippen LogP contribution in [0.25, 0.3) is 10.9 Å². The van der Waals surface area contributed by atoms with Crippen molar-refractivity contribution in [2.75, 3.05) is 5.32 Å². The predicted octanol–water partition coefficient (Wildman–Crippen LogP) is 2.39. The first-order valence-electron chi connectivity index (χ1n) is 6.98. The van der Waals surface area contributed by atoms with Crippen LogP contribution in [0, 0.1) is 0 Å². The molecule has 1 amide bonds. The molecular weight excluding hydrogens is 290 g/mol. The number of anilines is 1. The number of hydrogen-bond acceptors (Lipinski definition) is 3. The van der Waals surface area contributed by atoms with Gasteiger partial charge < -0.3 is 16.8 Å². The van der Waals surface area contributed by atoms with Crippen LogP contribution >= 0.6 is 0 Å². The molecule has 3 rings (SSSR count). The highest BCUT2D eigenvalue weighted by Crippen LogP contribution is 2.21. The molecular formula is C17H15N5O. The van der Waals surface area contributed by atoms with Gasteiger partial charge in [-0.2, -0.15) is 0 Å². The summed E-state index contributed by atoms with van der Waals surface area (Å²) in [5.41, 5.74) is 13.2. The highest BCUT2D eigenvalue weighted by atomic mass is 16.1. The molecule has 23 heavy (non-hydrogen) atoms. The van der Waals surface area contributed by atoms with Crippen LogP contribution in [0.5, 0.6) is 0 Å². The number of benzene rings is 2. The Kier molecular flexibility index (Phi) is 3.88. The number of pyridine rings is 1. The van der Waals surface area contributed by atoms with Gasteiger partial charge >= 0.3 is 0 Å². The Morgan fingerprint density at radius 1 is 1.00 bits per heavy atom. The molecule has 1 heterocycles. The zero-order valence-electron chi connectivity index (χ0n) is 12.2. The molecule has 0 unspecified atom stereocenters. The van der Waals surface area contributed by atoms with E-state index in [2.05, 4.69) is 15.3 Å². The van der Waals surface area contributed by atoms with E-state index in [4.69, 9.17) is 11.5 Å². The molecule has 3 aromatic rings. The smallest absolute Gasteiger partial charge is 0.255 e. The lowest BCUT2D eigenvalue weighted by Gasteiger charge is -2.08. The van der Waals surface area contributed by atoms with E-state index in [1.807, 2.05) is 30.3 Å². The van der Waals surface area contributed by atoms with Gasteiger partial charge in [-0.3, -0.25) is 9.78 Å². The fraction of sp³-hybridized carbons (Fsp3) is 0. The van der Waals surface area contributed by atoms with E-state index >= 15 is 0 Å². The largest absolute Gasteiger partial charge is 0.370 e. The van der Waals surface area contributed by atoms with Crippen molar-refractivity contribution in [2.24, 2.45) is 16.5 Å². The standard InChI is InChI=1S/C17H15N5O/c18-17(19)21-13-8-6-12(7-9-13)16(23)22-14-5-1-3-11-4-2-10-20-15(11)14/h1-10H,(H,22,23)(H4,18,19,21). The summed E-state index contributed by atoms with van der Waals surface area (Å²) in [7, 11) is 0. The highest BCUT2D eigenvalue weighted by molar-refractivity contribution is 6.08. The van der Waals surface area contributed by atoms with Crippen molar-refractivity contribution in [3.8, 4) is 0 Å². The van der Waals surface area contributed by atoms with Gasteiger partial charge in [-0.15, -0.1) is 0 Å². The van der Waals surface area contributed by atoms with Crippen LogP contribution in [0.15, 0.2) is 65.8 Å². The van der Waals surface area contributed by atoms with E-state index < -0.39 is 0 Å². The van der Waals surface area contributed by atoms with Crippen LogP contribution in [0.1, 0.15) is 10.4 Å². The number of hydrogen-bond donors (Lipinski definition) is 3. The second-order valence-corrected chi connectivity index (χ2v) is 4.92. The monoisotopic (exact) mass is 305 g/mol. The minimum Gasteiger partial charge on any atom is -0.370 e. The number of carbonyl (C=O) groups excluding carboxylic acids is 1. The Labute approximate surface area is 132 Å². The van der Waals surface area contributed by atoms with E-state index in [0.717, 1.165) is 10.9 Å². The summed E-state index contributed by atoms with van der Waals surface area (Å²) in [6.07, 6.45) is 1.70. The number of nitrogens with two attached hydrogens (primary N) is 2. The van der Waals surface area contributed by atoms with E-state index in [1.165, 1.54) is 0 Å². The number of rotatable bonds is 3. The van der Waals surface area contributed by atoms with Gasteiger partial charge in [0.15, 0.2) is 5.96 Å². The molecule has 5 N–H and O–H groups in total. The Morgan fingerprint density at radius 2 is 1.74 bits per heavy atom. The van der Waals surface area contributed by atoms with Gasteiger partial charge in [0, 0.05) is 17.1 Å². The van der Waals surface area contributed by atoms with Gasteiger partial charge in [-0.25, -0.2) is 4.99 Å². The maximum atomic E-state index is 12.4. The third kappa shape index (κ3) is 3.26. The van der Waals surface area contributed by atoms with Crippen molar-refractivity contribution in [2.45, 2.75) is 0 Å². The van der Waals surface area contributed by atoms with E-state index in [0.29, 0.717) is 16.9 Å². The average Bonchev–Trinajstić information content (AvgIpc) is 2.55. The van der Waals surface area contributed by atoms with Gasteiger partial charge in [-0.1, -0.05) is 18.2 Å². The molecule has 114 valence electrons. The van der Waals surface area contributed by atoms with Crippen molar-refractivity contribution in [1.82, 2.24) is 4.98 Å². The molecule has 0 saturated heterocycles. The number of amides is 1. The molecule has 0 radical (unpaired) electrons. The van der Waals surface area contributed by atoms with Gasteiger partial charge in [0.2, 0.25) is 0 Å². The summed E-state index contributed by atoms with van der Waals surface area (Å²) < 4.78 is 0. The number of nitrogens with one attached hydrogen (secondary N) is 1. The molecule has 2 aromatic carbocycles. The highest BCUT2D eigenvalue weighted by Gasteiger charge is 2.09. The molecule has 6 heteroatoms. The second-order valence-electron chi connectivity index (χ2n) is 4.92. The topological polar surface area (TPSA) is 106 Å². The summed E-state index contributed by atoms with van der Waals surface area (Å²) in [4.78, 5) is 20.6. The maximum absolute atomic E-state index is 12.4. The SMILES string of the molecule is NC(N)=Nc1ccc(C(=O)Nc2cccc3cccnc23)cc1.